The monoisotopic (exact) mass is 395 g/mol. The zero-order valence-electron chi connectivity index (χ0n) is 12.9. The number of nitrogens with one attached hydrogen (secondary N) is 1. The van der Waals surface area contributed by atoms with E-state index in [-0.39, 0.29) is 27.0 Å². The van der Waals surface area contributed by atoms with Crippen LogP contribution < -0.4 is 15.4 Å². The molecule has 0 atom stereocenters. The molecule has 134 valence electrons. The Morgan fingerprint density at radius 2 is 1.69 bits per heavy atom. The van der Waals surface area contributed by atoms with Gasteiger partial charge in [0.1, 0.15) is 16.5 Å². The maximum Gasteiger partial charge on any atom is 0.283 e. The molecule has 1 aliphatic heterocycles. The van der Waals surface area contributed by atoms with E-state index < -0.39 is 27.7 Å². The largest absolute Gasteiger partial charge is 0.350 e. The van der Waals surface area contributed by atoms with E-state index in [0.717, 1.165) is 23.1 Å². The van der Waals surface area contributed by atoms with Gasteiger partial charge in [0.2, 0.25) is 10.0 Å². The lowest BCUT2D eigenvalue weighted by Crippen LogP contribution is -2.32. The number of imide groups is 1. The quantitative estimate of drug-likeness (QED) is 0.768. The van der Waals surface area contributed by atoms with Crippen molar-refractivity contribution in [1.29, 1.82) is 0 Å². The Kier molecular flexibility index (Phi) is 4.53. The lowest BCUT2D eigenvalue weighted by molar-refractivity contribution is -0.120. The summed E-state index contributed by atoms with van der Waals surface area (Å²) in [5, 5.41) is 7.27. The Bertz CT molecular complexity index is 1050. The molecule has 0 saturated carbocycles. The first-order valence-corrected chi connectivity index (χ1v) is 9.05. The minimum atomic E-state index is -3.91. The van der Waals surface area contributed by atoms with E-state index in [4.69, 9.17) is 16.7 Å². The van der Waals surface area contributed by atoms with Crippen molar-refractivity contribution in [2.24, 2.45) is 5.14 Å². The first kappa shape index (κ1) is 18.1. The van der Waals surface area contributed by atoms with Crippen LogP contribution in [-0.2, 0) is 19.6 Å². The summed E-state index contributed by atoms with van der Waals surface area (Å²) in [6, 6.07) is 10.1. The molecule has 0 radical (unpaired) electrons. The number of amides is 2. The number of sulfonamides is 1. The van der Waals surface area contributed by atoms with Crippen molar-refractivity contribution in [3.8, 4) is 0 Å². The van der Waals surface area contributed by atoms with E-state index in [1.165, 1.54) is 30.3 Å². The minimum Gasteiger partial charge on any atom is -0.350 e. The van der Waals surface area contributed by atoms with Gasteiger partial charge in [-0.15, -0.1) is 0 Å². The number of primary sulfonamides is 1. The second kappa shape index (κ2) is 6.52. The molecule has 0 fully saturated rings. The number of benzene rings is 2. The zero-order chi connectivity index (χ0) is 19.1. The average Bonchev–Trinajstić information content (AvgIpc) is 2.78. The number of rotatable bonds is 4. The number of hydrogen-bond acceptors (Lipinski definition) is 5. The van der Waals surface area contributed by atoms with Crippen LogP contribution in [0.3, 0.4) is 0 Å². The zero-order valence-corrected chi connectivity index (χ0v) is 14.5. The number of halogens is 2. The van der Waals surface area contributed by atoms with Gasteiger partial charge in [-0.3, -0.25) is 9.59 Å². The van der Waals surface area contributed by atoms with Crippen LogP contribution in [-0.4, -0.2) is 20.2 Å². The van der Waals surface area contributed by atoms with Crippen molar-refractivity contribution in [2.45, 2.75) is 4.90 Å². The first-order valence-electron chi connectivity index (χ1n) is 7.12. The second-order valence-corrected chi connectivity index (χ2v) is 7.25. The van der Waals surface area contributed by atoms with Gasteiger partial charge in [0.25, 0.3) is 11.8 Å². The molecule has 2 aromatic rings. The molecule has 0 aliphatic carbocycles. The van der Waals surface area contributed by atoms with Gasteiger partial charge in [0, 0.05) is 5.69 Å². The molecule has 0 unspecified atom stereocenters. The highest BCUT2D eigenvalue weighted by atomic mass is 35.5. The van der Waals surface area contributed by atoms with Gasteiger partial charge >= 0.3 is 0 Å². The third kappa shape index (κ3) is 3.32. The van der Waals surface area contributed by atoms with Crippen LogP contribution in [0.15, 0.2) is 64.2 Å². The van der Waals surface area contributed by atoms with E-state index in [0.29, 0.717) is 0 Å². The topological polar surface area (TPSA) is 110 Å². The first-order chi connectivity index (χ1) is 12.2. The number of hydrogen-bond donors (Lipinski definition) is 2. The van der Waals surface area contributed by atoms with Gasteiger partial charge in [0.05, 0.1) is 10.6 Å². The van der Waals surface area contributed by atoms with Gasteiger partial charge in [0.15, 0.2) is 0 Å². The van der Waals surface area contributed by atoms with E-state index in [9.17, 15) is 22.4 Å². The van der Waals surface area contributed by atoms with Gasteiger partial charge in [-0.1, -0.05) is 17.7 Å². The Morgan fingerprint density at radius 1 is 1.04 bits per heavy atom. The molecular formula is C16H11ClFN3O4S. The van der Waals surface area contributed by atoms with Crippen LogP contribution in [0.1, 0.15) is 0 Å². The third-order valence-corrected chi connectivity index (χ3v) is 4.82. The second-order valence-electron chi connectivity index (χ2n) is 5.31. The fourth-order valence-corrected chi connectivity index (χ4v) is 3.07. The average molecular weight is 396 g/mol. The maximum absolute atomic E-state index is 13.3. The fraction of sp³-hybridized carbons (Fsp3) is 0. The summed E-state index contributed by atoms with van der Waals surface area (Å²) in [5.74, 6) is -2.08. The predicted molar refractivity (Wildman–Crippen MR) is 93.2 cm³/mol. The highest BCUT2D eigenvalue weighted by molar-refractivity contribution is 7.89. The van der Waals surface area contributed by atoms with E-state index in [1.807, 2.05) is 0 Å². The van der Waals surface area contributed by atoms with Gasteiger partial charge in [-0.05, 0) is 42.5 Å². The maximum atomic E-state index is 13.3. The molecule has 2 aromatic carbocycles. The molecular weight excluding hydrogens is 385 g/mol. The summed E-state index contributed by atoms with van der Waals surface area (Å²) in [5.41, 5.74) is 0.144. The lowest BCUT2D eigenvalue weighted by Gasteiger charge is -2.15. The summed E-state index contributed by atoms with van der Waals surface area (Å²) in [6.45, 7) is 0. The summed E-state index contributed by atoms with van der Waals surface area (Å²) < 4.78 is 35.9. The predicted octanol–water partition coefficient (Wildman–Crippen LogP) is 1.91. The normalized spacial score (nSPS) is 15.0. The van der Waals surface area contributed by atoms with Crippen LogP contribution in [0, 0.1) is 5.82 Å². The van der Waals surface area contributed by atoms with Crippen molar-refractivity contribution < 1.29 is 22.4 Å². The number of carbonyl (C=O) groups excluding carboxylic acids is 2. The Morgan fingerprint density at radius 3 is 2.27 bits per heavy atom. The van der Waals surface area contributed by atoms with Crippen LogP contribution in [0.5, 0.6) is 0 Å². The highest BCUT2D eigenvalue weighted by Crippen LogP contribution is 2.30. The molecule has 26 heavy (non-hydrogen) atoms. The van der Waals surface area contributed by atoms with Crippen LogP contribution in [0.4, 0.5) is 15.8 Å². The van der Waals surface area contributed by atoms with Crippen LogP contribution >= 0.6 is 11.6 Å². The number of nitrogens with two attached hydrogens (primary N) is 1. The summed E-state index contributed by atoms with van der Waals surface area (Å²) in [4.78, 5) is 25.5. The molecule has 2 amide bonds. The molecule has 7 nitrogen and oxygen atoms in total. The molecule has 3 rings (SSSR count). The van der Waals surface area contributed by atoms with Crippen LogP contribution in [0.2, 0.25) is 0 Å². The van der Waals surface area contributed by atoms with E-state index >= 15 is 0 Å². The van der Waals surface area contributed by atoms with Crippen molar-refractivity contribution in [3.63, 3.8) is 0 Å². The van der Waals surface area contributed by atoms with E-state index in [1.54, 1.807) is 0 Å². The molecule has 0 saturated heterocycles. The standard InChI is InChI=1S/C16H11ClFN3O4S/c17-13-14(20-10-3-1-2-9(18)8-10)16(23)21(15(13)22)11-4-6-12(7-5-11)26(19,24)25/h1-8,20H,(H2,19,24,25). The van der Waals surface area contributed by atoms with Crippen molar-refractivity contribution in [1.82, 2.24) is 0 Å². The molecule has 10 heteroatoms. The Hall–Kier alpha value is -2.75. The smallest absolute Gasteiger partial charge is 0.283 e. The summed E-state index contributed by atoms with van der Waals surface area (Å²) in [7, 11) is -3.91. The lowest BCUT2D eigenvalue weighted by atomic mass is 10.3. The number of anilines is 2. The molecule has 1 heterocycles. The number of nitrogens with zero attached hydrogens (tertiary/aromatic N) is 1. The summed E-state index contributed by atoms with van der Waals surface area (Å²) >= 11 is 5.96. The van der Waals surface area contributed by atoms with Gasteiger partial charge < -0.3 is 5.32 Å². The number of carbonyl (C=O) groups is 2. The molecule has 0 spiro atoms. The summed E-state index contributed by atoms with van der Waals surface area (Å²) in [6.07, 6.45) is 0. The van der Waals surface area contributed by atoms with Crippen LogP contribution in [0.25, 0.3) is 0 Å². The Balaban J connectivity index is 1.91. The van der Waals surface area contributed by atoms with Gasteiger partial charge in [-0.2, -0.15) is 0 Å². The van der Waals surface area contributed by atoms with E-state index in [2.05, 4.69) is 5.32 Å². The fourth-order valence-electron chi connectivity index (χ4n) is 2.34. The van der Waals surface area contributed by atoms with Gasteiger partial charge in [-0.25, -0.2) is 22.8 Å². The van der Waals surface area contributed by atoms with Crippen molar-refractivity contribution >= 4 is 44.8 Å². The Labute approximate surface area is 152 Å². The van der Waals surface area contributed by atoms with Crippen molar-refractivity contribution in [3.05, 3.63) is 65.1 Å². The molecule has 0 aromatic heterocycles. The highest BCUT2D eigenvalue weighted by Gasteiger charge is 2.39. The third-order valence-electron chi connectivity index (χ3n) is 3.54. The van der Waals surface area contributed by atoms with Crippen molar-refractivity contribution in [2.75, 3.05) is 10.2 Å². The molecule has 1 aliphatic rings. The molecule has 0 bridgehead atoms. The minimum absolute atomic E-state index is 0.113. The SMILES string of the molecule is NS(=O)(=O)c1ccc(N2C(=O)C(Cl)=C(Nc3cccc(F)c3)C2=O)cc1. The molecule has 3 N–H and O–H groups in total.